The van der Waals surface area contributed by atoms with Crippen molar-refractivity contribution in [3.8, 4) is 11.1 Å². The first kappa shape index (κ1) is 24.0. The highest BCUT2D eigenvalue weighted by molar-refractivity contribution is 7.18. The maximum Gasteiger partial charge on any atom is 0.323 e. The van der Waals surface area contributed by atoms with Crippen molar-refractivity contribution >= 4 is 50.6 Å². The Morgan fingerprint density at radius 1 is 0.946 bits per heavy atom. The molecule has 3 aromatic carbocycles. The first-order valence-electron chi connectivity index (χ1n) is 11.7. The molecule has 5 aromatic rings. The van der Waals surface area contributed by atoms with Crippen molar-refractivity contribution in [1.29, 1.82) is 0 Å². The summed E-state index contributed by atoms with van der Waals surface area (Å²) in [5.74, 6) is 0.0259. The van der Waals surface area contributed by atoms with Crippen LogP contribution in [0.2, 0.25) is 0 Å². The van der Waals surface area contributed by atoms with Crippen molar-refractivity contribution in [2.45, 2.75) is 13.3 Å². The fourth-order valence-corrected chi connectivity index (χ4v) is 5.31. The molecular formula is C29H25N5O2S. The molecule has 3 amide bonds. The number of benzene rings is 3. The van der Waals surface area contributed by atoms with Gasteiger partial charge in [-0.2, -0.15) is 0 Å². The van der Waals surface area contributed by atoms with Gasteiger partial charge in [0.25, 0.3) is 0 Å². The standard InChI is InChI=1S/C29H25N5O2S/c1-17-3-2-4-23(13-17)34-29(36)33-22-11-9-19(10-12-22)24-16-37-26-21(15-32-27(30)25(24)26)14-18-5-7-20(8-6-18)28(31)35/h2-13,15-16H,14H2,1H3,(H2,30,32)(H2,31,35)(H2,33,34,36). The smallest absolute Gasteiger partial charge is 0.323 e. The van der Waals surface area contributed by atoms with Gasteiger partial charge >= 0.3 is 6.03 Å². The summed E-state index contributed by atoms with van der Waals surface area (Å²) in [7, 11) is 0. The SMILES string of the molecule is Cc1cccc(NC(=O)Nc2ccc(-c3csc4c(Cc5ccc(C(N)=O)cc5)cnc(N)c34)cc2)c1. The summed E-state index contributed by atoms with van der Waals surface area (Å²) in [4.78, 5) is 28.2. The van der Waals surface area contributed by atoms with E-state index in [1.165, 1.54) is 0 Å². The number of fused-ring (bicyclic) bond motifs is 1. The zero-order valence-corrected chi connectivity index (χ0v) is 20.9. The minimum atomic E-state index is -0.445. The lowest BCUT2D eigenvalue weighted by Gasteiger charge is -2.10. The third kappa shape index (κ3) is 5.29. The van der Waals surface area contributed by atoms with Gasteiger partial charge in [0, 0.05) is 45.2 Å². The fourth-order valence-electron chi connectivity index (χ4n) is 4.21. The van der Waals surface area contributed by atoms with Gasteiger partial charge in [-0.3, -0.25) is 4.79 Å². The van der Waals surface area contributed by atoms with Crippen LogP contribution in [0.4, 0.5) is 22.0 Å². The van der Waals surface area contributed by atoms with Crippen LogP contribution in [0.25, 0.3) is 21.2 Å². The Morgan fingerprint density at radius 2 is 1.68 bits per heavy atom. The molecule has 5 rings (SSSR count). The Balaban J connectivity index is 1.35. The number of carbonyl (C=O) groups excluding carboxylic acids is 2. The van der Waals surface area contributed by atoms with E-state index in [4.69, 9.17) is 11.5 Å². The lowest BCUT2D eigenvalue weighted by molar-refractivity contribution is 0.1000. The number of rotatable bonds is 6. The van der Waals surface area contributed by atoms with E-state index in [1.807, 2.05) is 67.6 Å². The number of pyridine rings is 1. The van der Waals surface area contributed by atoms with Crippen LogP contribution in [0.5, 0.6) is 0 Å². The number of hydrogen-bond donors (Lipinski definition) is 4. The molecule has 2 aromatic heterocycles. The zero-order valence-electron chi connectivity index (χ0n) is 20.1. The van der Waals surface area contributed by atoms with Gasteiger partial charge in [-0.1, -0.05) is 36.4 Å². The summed E-state index contributed by atoms with van der Waals surface area (Å²) in [5.41, 5.74) is 18.7. The molecule has 0 aliphatic rings. The summed E-state index contributed by atoms with van der Waals surface area (Å²) < 4.78 is 1.07. The van der Waals surface area contributed by atoms with Crippen LogP contribution in [-0.2, 0) is 6.42 Å². The first-order valence-corrected chi connectivity index (χ1v) is 12.5. The molecule has 37 heavy (non-hydrogen) atoms. The van der Waals surface area contributed by atoms with E-state index in [0.29, 0.717) is 23.5 Å². The van der Waals surface area contributed by atoms with E-state index in [-0.39, 0.29) is 6.03 Å². The Morgan fingerprint density at radius 3 is 2.38 bits per heavy atom. The summed E-state index contributed by atoms with van der Waals surface area (Å²) in [6, 6.07) is 22.2. The molecule has 184 valence electrons. The molecule has 7 nitrogen and oxygen atoms in total. The number of aryl methyl sites for hydroxylation is 1. The van der Waals surface area contributed by atoms with Gasteiger partial charge in [0.1, 0.15) is 5.82 Å². The number of nitrogens with zero attached hydrogens (tertiary/aromatic N) is 1. The van der Waals surface area contributed by atoms with Crippen LogP contribution < -0.4 is 22.1 Å². The fraction of sp³-hybridized carbons (Fsp3) is 0.0690. The van der Waals surface area contributed by atoms with Crippen molar-refractivity contribution in [1.82, 2.24) is 4.98 Å². The van der Waals surface area contributed by atoms with E-state index in [1.54, 1.807) is 29.7 Å². The van der Waals surface area contributed by atoms with Gasteiger partial charge < -0.3 is 22.1 Å². The number of aromatic nitrogens is 1. The normalized spacial score (nSPS) is 10.8. The van der Waals surface area contributed by atoms with Gasteiger partial charge in [-0.05, 0) is 71.0 Å². The second-order valence-corrected chi connectivity index (χ2v) is 9.67. The molecule has 0 radical (unpaired) electrons. The van der Waals surface area contributed by atoms with Crippen molar-refractivity contribution in [2.24, 2.45) is 5.73 Å². The molecular weight excluding hydrogens is 482 g/mol. The Kier molecular flexibility index (Phi) is 6.57. The maximum atomic E-state index is 12.4. The highest BCUT2D eigenvalue weighted by atomic mass is 32.1. The van der Waals surface area contributed by atoms with Crippen LogP contribution in [-0.4, -0.2) is 16.9 Å². The number of nitrogens with one attached hydrogen (secondary N) is 2. The summed E-state index contributed by atoms with van der Waals surface area (Å²) >= 11 is 1.62. The van der Waals surface area contributed by atoms with Gasteiger partial charge in [-0.25, -0.2) is 9.78 Å². The average Bonchev–Trinajstić information content (AvgIpc) is 3.33. The van der Waals surface area contributed by atoms with Crippen molar-refractivity contribution in [3.63, 3.8) is 0 Å². The quantitative estimate of drug-likeness (QED) is 0.219. The molecule has 8 heteroatoms. The molecule has 0 atom stereocenters. The van der Waals surface area contributed by atoms with Crippen LogP contribution in [0.1, 0.15) is 27.0 Å². The van der Waals surface area contributed by atoms with Crippen LogP contribution in [0.15, 0.2) is 84.4 Å². The molecule has 2 heterocycles. The molecule has 0 aliphatic carbocycles. The zero-order chi connectivity index (χ0) is 25.9. The lowest BCUT2D eigenvalue weighted by atomic mass is 10.0. The van der Waals surface area contributed by atoms with Gasteiger partial charge in [0.15, 0.2) is 0 Å². The van der Waals surface area contributed by atoms with Gasteiger partial charge in [0.05, 0.1) is 0 Å². The summed E-state index contributed by atoms with van der Waals surface area (Å²) in [6.07, 6.45) is 2.46. The average molecular weight is 508 g/mol. The second-order valence-electron chi connectivity index (χ2n) is 8.79. The number of hydrogen-bond acceptors (Lipinski definition) is 5. The lowest BCUT2D eigenvalue weighted by Crippen LogP contribution is -2.19. The third-order valence-corrected chi connectivity index (χ3v) is 7.12. The van der Waals surface area contributed by atoms with Crippen molar-refractivity contribution in [3.05, 3.63) is 107 Å². The third-order valence-electron chi connectivity index (χ3n) is 6.06. The van der Waals surface area contributed by atoms with Crippen LogP contribution in [0, 0.1) is 6.92 Å². The van der Waals surface area contributed by atoms with E-state index in [0.717, 1.165) is 43.6 Å². The number of carbonyl (C=O) groups is 2. The number of anilines is 3. The second kappa shape index (κ2) is 10.1. The minimum Gasteiger partial charge on any atom is -0.383 e. The predicted molar refractivity (Wildman–Crippen MR) is 151 cm³/mol. The monoisotopic (exact) mass is 507 g/mol. The molecule has 0 saturated heterocycles. The van der Waals surface area contributed by atoms with Gasteiger partial charge in [-0.15, -0.1) is 11.3 Å². The molecule has 0 aliphatic heterocycles. The number of amides is 3. The molecule has 6 N–H and O–H groups in total. The van der Waals surface area contributed by atoms with E-state index in [2.05, 4.69) is 21.0 Å². The van der Waals surface area contributed by atoms with E-state index >= 15 is 0 Å². The van der Waals surface area contributed by atoms with Crippen LogP contribution in [0.3, 0.4) is 0 Å². The topological polar surface area (TPSA) is 123 Å². The molecule has 0 fully saturated rings. The largest absolute Gasteiger partial charge is 0.383 e. The van der Waals surface area contributed by atoms with Crippen LogP contribution >= 0.6 is 11.3 Å². The van der Waals surface area contributed by atoms with Gasteiger partial charge in [0.2, 0.25) is 5.91 Å². The van der Waals surface area contributed by atoms with E-state index in [9.17, 15) is 9.59 Å². The molecule has 0 bridgehead atoms. The number of urea groups is 1. The number of primary amides is 1. The maximum absolute atomic E-state index is 12.4. The molecule has 0 spiro atoms. The highest BCUT2D eigenvalue weighted by Crippen LogP contribution is 2.39. The number of thiophene rings is 1. The highest BCUT2D eigenvalue weighted by Gasteiger charge is 2.15. The Bertz CT molecular complexity index is 1610. The molecule has 0 unspecified atom stereocenters. The predicted octanol–water partition coefficient (Wildman–Crippen LogP) is 6.19. The Hall–Kier alpha value is -4.69. The van der Waals surface area contributed by atoms with Crippen molar-refractivity contribution < 1.29 is 9.59 Å². The first-order chi connectivity index (χ1) is 17.9. The Labute approximate surface area is 218 Å². The van der Waals surface area contributed by atoms with E-state index < -0.39 is 5.91 Å². The van der Waals surface area contributed by atoms with Crippen molar-refractivity contribution in [2.75, 3.05) is 16.4 Å². The number of nitrogens with two attached hydrogens (primary N) is 2. The minimum absolute atomic E-state index is 0.304. The molecule has 0 saturated carbocycles. The number of nitrogen functional groups attached to an aromatic ring is 1. The summed E-state index contributed by atoms with van der Waals surface area (Å²) in [5, 5.41) is 8.70. The summed E-state index contributed by atoms with van der Waals surface area (Å²) in [6.45, 7) is 1.98.